The van der Waals surface area contributed by atoms with Gasteiger partial charge in [0.15, 0.2) is 0 Å². The van der Waals surface area contributed by atoms with Crippen molar-refractivity contribution >= 4 is 11.9 Å². The second-order valence-corrected chi connectivity index (χ2v) is 8.83. The number of hydrogen-bond donors (Lipinski definition) is 4. The summed E-state index contributed by atoms with van der Waals surface area (Å²) in [6, 6.07) is 16.6. The molecule has 4 N–H and O–H groups in total. The van der Waals surface area contributed by atoms with Crippen LogP contribution in [0.4, 0.5) is 0 Å². The lowest BCUT2D eigenvalue weighted by Gasteiger charge is -2.09. The zero-order valence-electron chi connectivity index (χ0n) is 23.1. The third-order valence-electron chi connectivity index (χ3n) is 5.01. The van der Waals surface area contributed by atoms with Gasteiger partial charge in [0.25, 0.3) is 0 Å². The minimum atomic E-state index is -0.879. The normalized spacial score (nSPS) is 11.2. The van der Waals surface area contributed by atoms with Crippen LogP contribution in [-0.2, 0) is 0 Å². The fourth-order valence-electron chi connectivity index (χ4n) is 3.11. The summed E-state index contributed by atoms with van der Waals surface area (Å²) in [7, 11) is 0. The Kier molecular flexibility index (Phi) is 24.2. The highest BCUT2D eigenvalue weighted by Crippen LogP contribution is 2.11. The molecule has 0 aliphatic heterocycles. The average Bonchev–Trinajstić information content (AvgIpc) is 2.86. The van der Waals surface area contributed by atoms with Gasteiger partial charge in [-0.15, -0.1) is 0 Å². The lowest BCUT2D eigenvalue weighted by atomic mass is 10.1. The molecule has 0 amide bonds. The quantitative estimate of drug-likeness (QED) is 0.170. The molecule has 2 aromatic rings. The fraction of sp³-hybridized carbons (Fsp3) is 0.484. The molecule has 2 unspecified atom stereocenters. The van der Waals surface area contributed by atoms with E-state index in [0.29, 0.717) is 17.5 Å². The van der Waals surface area contributed by atoms with Crippen molar-refractivity contribution in [2.45, 2.75) is 97.7 Å². The largest absolute Gasteiger partial charge is 0.478 e. The first-order valence-electron chi connectivity index (χ1n) is 13.2. The van der Waals surface area contributed by atoms with Crippen LogP contribution in [0.1, 0.15) is 106 Å². The van der Waals surface area contributed by atoms with E-state index in [1.165, 1.54) is 44.1 Å². The highest BCUT2D eigenvalue weighted by molar-refractivity contribution is 5.87. The number of rotatable bonds is 12. The van der Waals surface area contributed by atoms with E-state index in [0.717, 1.165) is 12.8 Å². The number of benzene rings is 2. The summed E-state index contributed by atoms with van der Waals surface area (Å²) in [5, 5.41) is 34.6. The van der Waals surface area contributed by atoms with Gasteiger partial charge in [0, 0.05) is 0 Å². The van der Waals surface area contributed by atoms with Crippen LogP contribution in [0.3, 0.4) is 0 Å². The molecule has 0 aromatic heterocycles. The van der Waals surface area contributed by atoms with Crippen molar-refractivity contribution in [3.8, 4) is 0 Å². The van der Waals surface area contributed by atoms with E-state index < -0.39 is 11.9 Å². The molecule has 0 saturated heterocycles. The third-order valence-corrected chi connectivity index (χ3v) is 5.01. The molecule has 0 aliphatic rings. The highest BCUT2D eigenvalue weighted by Gasteiger charge is 2.05. The smallest absolute Gasteiger partial charge is 0.335 e. The Morgan fingerprint density at radius 3 is 1.49 bits per heavy atom. The first-order chi connectivity index (χ1) is 17.6. The van der Waals surface area contributed by atoms with Crippen molar-refractivity contribution < 1.29 is 30.0 Å². The maximum atomic E-state index is 10.2. The maximum absolute atomic E-state index is 10.2. The molecule has 0 aliphatic carbocycles. The van der Waals surface area contributed by atoms with Gasteiger partial charge >= 0.3 is 11.9 Å². The first kappa shape index (κ1) is 36.2. The van der Waals surface area contributed by atoms with E-state index in [1.807, 2.05) is 6.92 Å². The number of aliphatic hydroxyl groups excluding tert-OH is 2. The molecule has 6 nitrogen and oxygen atoms in total. The van der Waals surface area contributed by atoms with Crippen molar-refractivity contribution in [1.29, 1.82) is 0 Å². The lowest BCUT2D eigenvalue weighted by Crippen LogP contribution is -2.13. The van der Waals surface area contributed by atoms with Crippen molar-refractivity contribution in [1.82, 2.24) is 0 Å². The predicted molar refractivity (Wildman–Crippen MR) is 152 cm³/mol. The molecule has 2 rings (SSSR count). The second kappa shape index (κ2) is 24.7. The Morgan fingerprint density at radius 2 is 1.19 bits per heavy atom. The molecule has 0 spiro atoms. The topological polar surface area (TPSA) is 115 Å². The number of unbranched alkanes of at least 4 members (excludes halogenated alkanes) is 2. The standard InChI is InChI=1S/C10H20.2C7H6O2.C7H16O2/c1-4-6-7-9-10(3)8-5-2;2*8-7(9)6-4-2-1-3-5-6;1-3-4-7(9)5-6(2)8/h3-9H2,1-2H3;2*1-5H,(H,8,9);6-9H,3-5H2,1-2H3. The fourth-order valence-corrected chi connectivity index (χ4v) is 3.11. The molecule has 0 heterocycles. The molecule has 2 atom stereocenters. The second-order valence-electron chi connectivity index (χ2n) is 8.83. The van der Waals surface area contributed by atoms with Crippen LogP contribution in [0, 0.1) is 0 Å². The molecule has 2 aromatic carbocycles. The number of hydrogen-bond acceptors (Lipinski definition) is 4. The molecule has 0 saturated carbocycles. The van der Waals surface area contributed by atoms with E-state index in [2.05, 4.69) is 20.4 Å². The molecule has 0 bridgehead atoms. The Hall–Kier alpha value is -2.96. The molecule has 6 heteroatoms. The molecule has 0 fully saturated rings. The Bertz CT molecular complexity index is 769. The van der Waals surface area contributed by atoms with E-state index in [9.17, 15) is 9.59 Å². The van der Waals surface area contributed by atoms with Crippen LogP contribution >= 0.6 is 0 Å². The van der Waals surface area contributed by atoms with Gasteiger partial charge in [-0.3, -0.25) is 0 Å². The lowest BCUT2D eigenvalue weighted by molar-refractivity contribution is 0.0686. The Labute approximate surface area is 223 Å². The number of allylic oxidation sites excluding steroid dienone is 1. The summed E-state index contributed by atoms with van der Waals surface area (Å²) >= 11 is 0. The van der Waals surface area contributed by atoms with Crippen molar-refractivity contribution in [3.63, 3.8) is 0 Å². The SMILES string of the molecule is C=C(CCC)CCCCC.CCCC(O)CC(C)O.O=C(O)c1ccccc1.O=C(O)c1ccccc1. The maximum Gasteiger partial charge on any atom is 0.335 e. The summed E-state index contributed by atoms with van der Waals surface area (Å²) < 4.78 is 0. The summed E-state index contributed by atoms with van der Waals surface area (Å²) in [6.45, 7) is 12.2. The summed E-state index contributed by atoms with van der Waals surface area (Å²) in [4.78, 5) is 20.4. The average molecular weight is 517 g/mol. The van der Waals surface area contributed by atoms with Gasteiger partial charge in [-0.05, 0) is 63.3 Å². The monoisotopic (exact) mass is 516 g/mol. The molecule has 37 heavy (non-hydrogen) atoms. The molecule has 0 radical (unpaired) electrons. The van der Waals surface area contributed by atoms with Crippen LogP contribution in [0.2, 0.25) is 0 Å². The summed E-state index contributed by atoms with van der Waals surface area (Å²) in [5.74, 6) is -1.76. The van der Waals surface area contributed by atoms with Crippen LogP contribution in [-0.4, -0.2) is 44.6 Å². The summed E-state index contributed by atoms with van der Waals surface area (Å²) in [5.41, 5.74) is 2.10. The van der Waals surface area contributed by atoms with Crippen LogP contribution < -0.4 is 0 Å². The number of carbonyl (C=O) groups is 2. The number of carboxylic acids is 2. The molecular formula is C31H48O6. The van der Waals surface area contributed by atoms with Gasteiger partial charge in [-0.1, -0.05) is 95.0 Å². The van der Waals surface area contributed by atoms with Crippen molar-refractivity contribution in [2.24, 2.45) is 0 Å². The van der Waals surface area contributed by atoms with Crippen molar-refractivity contribution in [2.75, 3.05) is 0 Å². The van der Waals surface area contributed by atoms with E-state index in [1.54, 1.807) is 67.6 Å². The van der Waals surface area contributed by atoms with Gasteiger partial charge in [-0.25, -0.2) is 9.59 Å². The van der Waals surface area contributed by atoms with Crippen molar-refractivity contribution in [3.05, 3.63) is 83.9 Å². The first-order valence-corrected chi connectivity index (χ1v) is 13.2. The van der Waals surface area contributed by atoms with Crippen LogP contribution in [0.25, 0.3) is 0 Å². The number of carboxylic acid groups (broad SMARTS) is 2. The highest BCUT2D eigenvalue weighted by atomic mass is 16.4. The predicted octanol–water partition coefficient (Wildman–Crippen LogP) is 7.61. The van der Waals surface area contributed by atoms with E-state index >= 15 is 0 Å². The van der Waals surface area contributed by atoms with Gasteiger partial charge < -0.3 is 20.4 Å². The van der Waals surface area contributed by atoms with Gasteiger partial charge in [-0.2, -0.15) is 0 Å². The van der Waals surface area contributed by atoms with Gasteiger partial charge in [0.1, 0.15) is 0 Å². The van der Waals surface area contributed by atoms with Crippen LogP contribution in [0.15, 0.2) is 72.8 Å². The van der Waals surface area contributed by atoms with Crippen LogP contribution in [0.5, 0.6) is 0 Å². The zero-order valence-corrected chi connectivity index (χ0v) is 23.1. The van der Waals surface area contributed by atoms with Gasteiger partial charge in [0.05, 0.1) is 23.3 Å². The number of aromatic carboxylic acids is 2. The van der Waals surface area contributed by atoms with Gasteiger partial charge in [0.2, 0.25) is 0 Å². The third kappa shape index (κ3) is 24.5. The van der Waals surface area contributed by atoms with E-state index in [4.69, 9.17) is 20.4 Å². The molecule has 208 valence electrons. The Morgan fingerprint density at radius 1 is 0.730 bits per heavy atom. The number of aliphatic hydroxyl groups is 2. The minimum Gasteiger partial charge on any atom is -0.478 e. The zero-order chi connectivity index (χ0) is 28.5. The summed E-state index contributed by atoms with van der Waals surface area (Å²) in [6.07, 6.45) is 9.36. The molecular weight excluding hydrogens is 468 g/mol. The minimum absolute atomic E-state index is 0.310. The Balaban J connectivity index is 0. The van der Waals surface area contributed by atoms with E-state index in [-0.39, 0.29) is 12.2 Å².